The van der Waals surface area contributed by atoms with Crippen molar-refractivity contribution in [3.63, 3.8) is 0 Å². The Balaban J connectivity index is 2.28. The standard InChI is InChI=1S/C10H6Br2N2O4S2/c11-7-3-6(9(12)19-7)20(17,18)14-8-2-1-5(4-13-8)10(15)16/h1-4H,(H,13,14)(H,15,16). The Morgan fingerprint density at radius 1 is 1.35 bits per heavy atom. The largest absolute Gasteiger partial charge is 0.478 e. The quantitative estimate of drug-likeness (QED) is 0.759. The lowest BCUT2D eigenvalue weighted by molar-refractivity contribution is 0.0696. The van der Waals surface area contributed by atoms with Gasteiger partial charge in [0, 0.05) is 6.20 Å². The van der Waals surface area contributed by atoms with Gasteiger partial charge in [-0.15, -0.1) is 11.3 Å². The smallest absolute Gasteiger partial charge is 0.337 e. The highest BCUT2D eigenvalue weighted by molar-refractivity contribution is 9.12. The molecule has 0 fully saturated rings. The second-order valence-electron chi connectivity index (χ2n) is 3.53. The van der Waals surface area contributed by atoms with Crippen LogP contribution in [0.2, 0.25) is 0 Å². The van der Waals surface area contributed by atoms with Gasteiger partial charge in [-0.25, -0.2) is 18.2 Å². The summed E-state index contributed by atoms with van der Waals surface area (Å²) in [4.78, 5) is 14.5. The molecule has 0 radical (unpaired) electrons. The number of hydrogen-bond acceptors (Lipinski definition) is 5. The number of halogens is 2. The van der Waals surface area contributed by atoms with Gasteiger partial charge in [-0.2, -0.15) is 0 Å². The molecule has 20 heavy (non-hydrogen) atoms. The zero-order valence-corrected chi connectivity index (χ0v) is 14.3. The number of carbonyl (C=O) groups is 1. The zero-order chi connectivity index (χ0) is 14.9. The van der Waals surface area contributed by atoms with Gasteiger partial charge in [-0.1, -0.05) is 0 Å². The Hall–Kier alpha value is -0.970. The molecule has 0 aliphatic rings. The van der Waals surface area contributed by atoms with Crippen LogP contribution in [0.4, 0.5) is 5.82 Å². The van der Waals surface area contributed by atoms with Gasteiger partial charge in [0.2, 0.25) is 0 Å². The van der Waals surface area contributed by atoms with E-state index in [4.69, 9.17) is 5.11 Å². The highest BCUT2D eigenvalue weighted by Crippen LogP contribution is 2.35. The van der Waals surface area contributed by atoms with Gasteiger partial charge >= 0.3 is 5.97 Å². The number of aromatic nitrogens is 1. The third-order valence-corrected chi connectivity index (χ3v) is 6.27. The molecule has 0 spiro atoms. The molecule has 0 aliphatic carbocycles. The molecular weight excluding hydrogens is 436 g/mol. The van der Waals surface area contributed by atoms with Crippen molar-refractivity contribution in [2.45, 2.75) is 4.90 Å². The fourth-order valence-corrected chi connectivity index (χ4v) is 6.10. The first kappa shape index (κ1) is 15.4. The molecule has 0 saturated carbocycles. The number of aromatic carboxylic acids is 1. The molecule has 0 aliphatic heterocycles. The third-order valence-electron chi connectivity index (χ3n) is 2.16. The number of sulfonamides is 1. The number of rotatable bonds is 4. The molecule has 2 aromatic heterocycles. The van der Waals surface area contributed by atoms with Crippen molar-refractivity contribution in [2.75, 3.05) is 4.72 Å². The molecular formula is C10H6Br2N2O4S2. The van der Waals surface area contributed by atoms with E-state index in [1.165, 1.54) is 29.5 Å². The maximum Gasteiger partial charge on any atom is 0.337 e. The SMILES string of the molecule is O=C(O)c1ccc(NS(=O)(=O)c2cc(Br)sc2Br)nc1. The molecule has 10 heteroatoms. The van der Waals surface area contributed by atoms with E-state index in [-0.39, 0.29) is 16.3 Å². The van der Waals surface area contributed by atoms with E-state index in [1.807, 2.05) is 0 Å². The van der Waals surface area contributed by atoms with Crippen molar-refractivity contribution in [3.05, 3.63) is 37.5 Å². The van der Waals surface area contributed by atoms with Crippen LogP contribution >= 0.6 is 43.2 Å². The Bertz CT molecular complexity index is 756. The molecule has 6 nitrogen and oxygen atoms in total. The maximum absolute atomic E-state index is 12.1. The van der Waals surface area contributed by atoms with Crippen molar-refractivity contribution in [1.29, 1.82) is 0 Å². The number of nitrogens with one attached hydrogen (secondary N) is 1. The first-order valence-electron chi connectivity index (χ1n) is 4.96. The maximum atomic E-state index is 12.1. The van der Waals surface area contributed by atoms with Gasteiger partial charge in [-0.05, 0) is 50.1 Å². The van der Waals surface area contributed by atoms with E-state index >= 15 is 0 Å². The summed E-state index contributed by atoms with van der Waals surface area (Å²) >= 11 is 7.60. The minimum absolute atomic E-state index is 0.0209. The molecule has 2 N–H and O–H groups in total. The van der Waals surface area contributed by atoms with E-state index in [0.29, 0.717) is 7.57 Å². The number of thiophene rings is 1. The zero-order valence-electron chi connectivity index (χ0n) is 9.50. The molecule has 0 aromatic carbocycles. The lowest BCUT2D eigenvalue weighted by Crippen LogP contribution is -2.13. The highest BCUT2D eigenvalue weighted by Gasteiger charge is 2.21. The average molecular weight is 442 g/mol. The van der Waals surface area contributed by atoms with Gasteiger partial charge in [0.05, 0.1) is 13.1 Å². The highest BCUT2D eigenvalue weighted by atomic mass is 79.9. The summed E-state index contributed by atoms with van der Waals surface area (Å²) in [6, 6.07) is 4.02. The molecule has 2 heterocycles. The van der Waals surface area contributed by atoms with Crippen LogP contribution in [0, 0.1) is 0 Å². The van der Waals surface area contributed by atoms with Crippen LogP contribution in [0.25, 0.3) is 0 Å². The fourth-order valence-electron chi connectivity index (χ4n) is 1.28. The molecule has 0 atom stereocenters. The van der Waals surface area contributed by atoms with Gasteiger partial charge in [-0.3, -0.25) is 4.72 Å². The summed E-state index contributed by atoms with van der Waals surface area (Å²) in [6.07, 6.45) is 1.08. The predicted molar refractivity (Wildman–Crippen MR) is 81.7 cm³/mol. The fraction of sp³-hybridized carbons (Fsp3) is 0. The molecule has 106 valence electrons. The van der Waals surface area contributed by atoms with E-state index in [0.717, 1.165) is 6.20 Å². The summed E-state index contributed by atoms with van der Waals surface area (Å²) in [6.45, 7) is 0. The van der Waals surface area contributed by atoms with E-state index in [2.05, 4.69) is 41.6 Å². The minimum Gasteiger partial charge on any atom is -0.478 e. The van der Waals surface area contributed by atoms with Crippen LogP contribution in [0.1, 0.15) is 10.4 Å². The van der Waals surface area contributed by atoms with Crippen molar-refractivity contribution >= 4 is 65.0 Å². The Morgan fingerprint density at radius 2 is 2.05 bits per heavy atom. The Kier molecular flexibility index (Phi) is 4.47. The molecule has 0 bridgehead atoms. The van der Waals surface area contributed by atoms with Gasteiger partial charge < -0.3 is 5.11 Å². The molecule has 0 unspecified atom stereocenters. The second kappa shape index (κ2) is 5.80. The predicted octanol–water partition coefficient (Wildman–Crippen LogP) is 3.17. The van der Waals surface area contributed by atoms with Crippen molar-refractivity contribution in [2.24, 2.45) is 0 Å². The van der Waals surface area contributed by atoms with Gasteiger partial charge in [0.25, 0.3) is 10.0 Å². The van der Waals surface area contributed by atoms with Crippen LogP contribution in [0.5, 0.6) is 0 Å². The second-order valence-corrected chi connectivity index (χ2v) is 8.93. The van der Waals surface area contributed by atoms with Crippen LogP contribution in [-0.4, -0.2) is 24.5 Å². The van der Waals surface area contributed by atoms with Crippen molar-refractivity contribution < 1.29 is 18.3 Å². The third kappa shape index (κ3) is 3.37. The number of anilines is 1. The number of nitrogens with zero attached hydrogens (tertiary/aromatic N) is 1. The molecule has 0 amide bonds. The molecule has 2 aromatic rings. The average Bonchev–Trinajstić information content (AvgIpc) is 2.69. The minimum atomic E-state index is -3.78. The van der Waals surface area contributed by atoms with Gasteiger partial charge in [0.1, 0.15) is 10.7 Å². The molecule has 2 rings (SSSR count). The summed E-state index contributed by atoms with van der Waals surface area (Å²) < 4.78 is 27.7. The molecule has 0 saturated heterocycles. The number of pyridine rings is 1. The summed E-state index contributed by atoms with van der Waals surface area (Å²) in [5, 5.41) is 8.74. The first-order chi connectivity index (χ1) is 9.29. The van der Waals surface area contributed by atoms with Gasteiger partial charge in [0.15, 0.2) is 0 Å². The number of carboxylic acids is 1. The Labute approximate surface area is 135 Å². The monoisotopic (exact) mass is 440 g/mol. The van der Waals surface area contributed by atoms with Crippen LogP contribution in [0.3, 0.4) is 0 Å². The Morgan fingerprint density at radius 3 is 2.50 bits per heavy atom. The summed E-state index contributed by atoms with van der Waals surface area (Å²) in [7, 11) is -3.78. The first-order valence-corrected chi connectivity index (χ1v) is 8.85. The summed E-state index contributed by atoms with van der Waals surface area (Å²) in [5.41, 5.74) is -0.0209. The van der Waals surface area contributed by atoms with E-state index in [9.17, 15) is 13.2 Å². The van der Waals surface area contributed by atoms with Crippen molar-refractivity contribution in [3.8, 4) is 0 Å². The van der Waals surface area contributed by atoms with E-state index in [1.54, 1.807) is 0 Å². The van der Waals surface area contributed by atoms with Crippen LogP contribution in [-0.2, 0) is 10.0 Å². The van der Waals surface area contributed by atoms with Crippen LogP contribution < -0.4 is 4.72 Å². The topological polar surface area (TPSA) is 96.4 Å². The lowest BCUT2D eigenvalue weighted by atomic mass is 10.3. The normalized spacial score (nSPS) is 11.3. The van der Waals surface area contributed by atoms with Crippen LogP contribution in [0.15, 0.2) is 36.9 Å². The van der Waals surface area contributed by atoms with E-state index < -0.39 is 16.0 Å². The number of hydrogen-bond donors (Lipinski definition) is 2. The summed E-state index contributed by atoms with van der Waals surface area (Å²) in [5.74, 6) is -1.08. The van der Waals surface area contributed by atoms with Crippen molar-refractivity contribution in [1.82, 2.24) is 4.98 Å². The number of carboxylic acid groups (broad SMARTS) is 1. The lowest BCUT2D eigenvalue weighted by Gasteiger charge is -2.06.